The zero-order valence-electron chi connectivity index (χ0n) is 19.3. The third-order valence-corrected chi connectivity index (χ3v) is 7.53. The van der Waals surface area contributed by atoms with Crippen LogP contribution in [0.5, 0.6) is 23.4 Å². The highest BCUT2D eigenvalue weighted by Crippen LogP contribution is 2.54. The second-order valence-electron chi connectivity index (χ2n) is 9.68. The van der Waals surface area contributed by atoms with E-state index in [1.54, 1.807) is 25.4 Å². The highest BCUT2D eigenvalue weighted by Gasteiger charge is 2.54. The second kappa shape index (κ2) is 7.42. The van der Waals surface area contributed by atoms with Crippen LogP contribution in [0.3, 0.4) is 0 Å². The Kier molecular flexibility index (Phi) is 4.38. The molecule has 0 unspecified atom stereocenters. The summed E-state index contributed by atoms with van der Waals surface area (Å²) in [4.78, 5) is 16.1. The summed E-state index contributed by atoms with van der Waals surface area (Å²) in [6, 6.07) is 5.11. The van der Waals surface area contributed by atoms with E-state index in [1.807, 2.05) is 0 Å². The van der Waals surface area contributed by atoms with Crippen LogP contribution >= 0.6 is 0 Å². The maximum absolute atomic E-state index is 14.5. The van der Waals surface area contributed by atoms with E-state index in [2.05, 4.69) is 15.2 Å². The first-order chi connectivity index (χ1) is 17.0. The van der Waals surface area contributed by atoms with Gasteiger partial charge in [-0.1, -0.05) is 0 Å². The molecule has 1 atom stereocenters. The maximum atomic E-state index is 14.5. The van der Waals surface area contributed by atoms with Gasteiger partial charge in [0, 0.05) is 55.3 Å². The normalized spacial score (nSPS) is 20.5. The number of nitrogens with zero attached hydrogens (tertiary/aromatic N) is 4. The summed E-state index contributed by atoms with van der Waals surface area (Å²) in [5.74, 6) is 1.86. The first-order valence-corrected chi connectivity index (χ1v) is 11.9. The predicted molar refractivity (Wildman–Crippen MR) is 127 cm³/mol. The molecule has 10 heteroatoms. The lowest BCUT2D eigenvalue weighted by atomic mass is 10.0. The molecule has 4 heterocycles. The minimum absolute atomic E-state index is 0.0840. The van der Waals surface area contributed by atoms with Crippen molar-refractivity contribution in [3.8, 4) is 34.5 Å². The molecule has 2 aliphatic carbocycles. The number of anilines is 2. The Balaban J connectivity index is 1.32. The van der Waals surface area contributed by atoms with Gasteiger partial charge in [0.2, 0.25) is 0 Å². The number of halogens is 1. The van der Waals surface area contributed by atoms with Crippen LogP contribution in [0.15, 0.2) is 24.4 Å². The Morgan fingerprint density at radius 2 is 2.06 bits per heavy atom. The number of ether oxygens (including phenoxy) is 3. The van der Waals surface area contributed by atoms with Crippen LogP contribution < -0.4 is 30.2 Å². The number of benzene rings is 1. The van der Waals surface area contributed by atoms with Gasteiger partial charge in [-0.15, -0.1) is 0 Å². The van der Waals surface area contributed by atoms with Crippen molar-refractivity contribution >= 4 is 11.5 Å². The number of pyridine rings is 1. The fraction of sp³-hybridized carbons (Fsp3) is 0.400. The van der Waals surface area contributed by atoms with Crippen LogP contribution in [0.2, 0.25) is 0 Å². The molecular formula is C25H25FN6O3. The summed E-state index contributed by atoms with van der Waals surface area (Å²) in [6.07, 6.45) is 4.37. The molecule has 3 N–H and O–H groups in total. The molecule has 2 aromatic heterocycles. The third-order valence-electron chi connectivity index (χ3n) is 7.53. The quantitative estimate of drug-likeness (QED) is 0.459. The zero-order valence-corrected chi connectivity index (χ0v) is 19.3. The van der Waals surface area contributed by atoms with E-state index in [1.165, 1.54) is 6.07 Å². The molecule has 1 saturated carbocycles. The van der Waals surface area contributed by atoms with Gasteiger partial charge in [0.25, 0.3) is 5.88 Å². The van der Waals surface area contributed by atoms with Crippen LogP contribution in [0.4, 0.5) is 15.9 Å². The van der Waals surface area contributed by atoms with Crippen molar-refractivity contribution in [1.82, 2.24) is 15.0 Å². The van der Waals surface area contributed by atoms with E-state index in [0.717, 1.165) is 53.3 Å². The number of aromatic nitrogens is 3. The number of nitrogens with one attached hydrogen (secondary N) is 1. The Bertz CT molecular complexity index is 1360. The molecule has 1 spiro atoms. The fourth-order valence-electron chi connectivity index (χ4n) is 5.51. The molecule has 2 fully saturated rings. The van der Waals surface area contributed by atoms with Gasteiger partial charge in [-0.05, 0) is 36.1 Å². The minimum atomic E-state index is -0.300. The fourth-order valence-corrected chi connectivity index (χ4v) is 5.51. The molecule has 1 saturated heterocycles. The number of hydrogen-bond donors (Lipinski definition) is 2. The van der Waals surface area contributed by atoms with Gasteiger partial charge in [0.05, 0.1) is 11.9 Å². The Hall–Kier alpha value is -3.66. The van der Waals surface area contributed by atoms with E-state index >= 15 is 0 Å². The van der Waals surface area contributed by atoms with Crippen molar-refractivity contribution in [3.05, 3.63) is 41.5 Å². The number of nitrogens with two attached hydrogens (primary N) is 1. The SMILES string of the molecule is CNc1cc(F)cc2c1Cc1nc(Oc3cnc4c(c3)OCCO4)nc(N3C[C@H](N)C4(CC4)C3)c1-2. The summed E-state index contributed by atoms with van der Waals surface area (Å²) in [5, 5.41) is 3.12. The zero-order chi connectivity index (χ0) is 23.7. The summed E-state index contributed by atoms with van der Waals surface area (Å²) < 4.78 is 31.7. The van der Waals surface area contributed by atoms with E-state index in [0.29, 0.717) is 43.6 Å². The van der Waals surface area contributed by atoms with Gasteiger partial charge >= 0.3 is 6.01 Å². The first-order valence-electron chi connectivity index (χ1n) is 11.9. The van der Waals surface area contributed by atoms with Crippen LogP contribution in [0.1, 0.15) is 24.1 Å². The topological polar surface area (TPSA) is 108 Å². The first kappa shape index (κ1) is 20.7. The molecule has 4 aliphatic rings. The van der Waals surface area contributed by atoms with Gasteiger partial charge in [0.15, 0.2) is 11.5 Å². The van der Waals surface area contributed by atoms with Gasteiger partial charge < -0.3 is 30.2 Å². The lowest BCUT2D eigenvalue weighted by Crippen LogP contribution is -2.30. The molecule has 0 amide bonds. The Morgan fingerprint density at radius 1 is 1.20 bits per heavy atom. The number of hydrogen-bond acceptors (Lipinski definition) is 9. The van der Waals surface area contributed by atoms with Crippen LogP contribution in [-0.4, -0.2) is 54.3 Å². The van der Waals surface area contributed by atoms with E-state index in [9.17, 15) is 4.39 Å². The molecule has 180 valence electrons. The van der Waals surface area contributed by atoms with Crippen molar-refractivity contribution in [2.45, 2.75) is 25.3 Å². The van der Waals surface area contributed by atoms with Crippen molar-refractivity contribution in [2.24, 2.45) is 11.1 Å². The van der Waals surface area contributed by atoms with Gasteiger partial charge in [-0.3, -0.25) is 0 Å². The summed E-state index contributed by atoms with van der Waals surface area (Å²) in [5.41, 5.74) is 10.9. The summed E-state index contributed by atoms with van der Waals surface area (Å²) in [7, 11) is 1.80. The molecule has 1 aromatic carbocycles. The van der Waals surface area contributed by atoms with E-state index in [-0.39, 0.29) is 23.3 Å². The molecule has 9 nitrogen and oxygen atoms in total. The molecule has 0 radical (unpaired) electrons. The Morgan fingerprint density at radius 3 is 2.86 bits per heavy atom. The molecule has 2 aliphatic heterocycles. The molecule has 35 heavy (non-hydrogen) atoms. The van der Waals surface area contributed by atoms with E-state index < -0.39 is 0 Å². The summed E-state index contributed by atoms with van der Waals surface area (Å²) >= 11 is 0. The van der Waals surface area contributed by atoms with Crippen molar-refractivity contribution in [2.75, 3.05) is 43.6 Å². The second-order valence-corrected chi connectivity index (χ2v) is 9.68. The largest absolute Gasteiger partial charge is 0.484 e. The lowest BCUT2D eigenvalue weighted by molar-refractivity contribution is 0.163. The molecular weight excluding hydrogens is 451 g/mol. The maximum Gasteiger partial charge on any atom is 0.324 e. The number of fused-ring (bicyclic) bond motifs is 4. The molecule has 0 bridgehead atoms. The number of rotatable bonds is 4. The van der Waals surface area contributed by atoms with Crippen LogP contribution in [0, 0.1) is 11.2 Å². The van der Waals surface area contributed by atoms with Crippen molar-refractivity contribution < 1.29 is 18.6 Å². The van der Waals surface area contributed by atoms with Crippen LogP contribution in [-0.2, 0) is 6.42 Å². The highest BCUT2D eigenvalue weighted by molar-refractivity contribution is 5.88. The Labute approximate surface area is 201 Å². The lowest BCUT2D eigenvalue weighted by Gasteiger charge is -2.22. The average Bonchev–Trinajstić information content (AvgIpc) is 3.45. The van der Waals surface area contributed by atoms with Crippen molar-refractivity contribution in [1.29, 1.82) is 0 Å². The predicted octanol–water partition coefficient (Wildman–Crippen LogP) is 3.11. The summed E-state index contributed by atoms with van der Waals surface area (Å²) in [6.45, 7) is 2.44. The third kappa shape index (κ3) is 3.27. The van der Waals surface area contributed by atoms with Crippen LogP contribution in [0.25, 0.3) is 11.1 Å². The average molecular weight is 477 g/mol. The van der Waals surface area contributed by atoms with Gasteiger partial charge in [-0.2, -0.15) is 9.97 Å². The monoisotopic (exact) mass is 476 g/mol. The van der Waals surface area contributed by atoms with Crippen molar-refractivity contribution in [3.63, 3.8) is 0 Å². The molecule has 3 aromatic rings. The van der Waals surface area contributed by atoms with Gasteiger partial charge in [0.1, 0.15) is 24.8 Å². The standard InChI is InChI=1S/C25H25FN6O3/c1-28-17-7-13(26)6-16-15(17)9-18-21(16)22(32-11-20(27)25(12-32)2-3-25)31-24(30-18)35-14-8-19-23(29-10-14)34-5-4-33-19/h6-8,10,20,28H,2-5,9,11-12,27H2,1H3/t20-/m0/s1. The smallest absolute Gasteiger partial charge is 0.324 e. The van der Waals surface area contributed by atoms with E-state index in [4.69, 9.17) is 29.9 Å². The molecule has 7 rings (SSSR count). The highest BCUT2D eigenvalue weighted by atomic mass is 19.1. The van der Waals surface area contributed by atoms with Gasteiger partial charge in [-0.25, -0.2) is 9.37 Å². The minimum Gasteiger partial charge on any atom is -0.484 e.